The molecule has 0 spiro atoms. The van der Waals surface area contributed by atoms with Gasteiger partial charge in [0.1, 0.15) is 33.9 Å². The Kier molecular flexibility index (Phi) is 13.4. The lowest BCUT2D eigenvalue weighted by Gasteiger charge is -2.38. The SMILES string of the molecule is O=C(Nc1cc(Cl)nnc1OC1CN(CC=Cc2ccc(Cl)cc2)C1)c1ccnc(Cl)c1.O=C(Nc1cc(Cl)nnc1OC1CNC1)c1ccnc(Cl)c1. The van der Waals surface area contributed by atoms with E-state index in [1.807, 2.05) is 30.3 Å². The second-order valence-corrected chi connectivity index (χ2v) is 13.7. The third-order valence-corrected chi connectivity index (χ3v) is 8.74. The quantitative estimate of drug-likeness (QED) is 0.122. The fourth-order valence-corrected chi connectivity index (χ4v) is 5.63. The maximum Gasteiger partial charge on any atom is 0.258 e. The van der Waals surface area contributed by atoms with Gasteiger partial charge in [0.15, 0.2) is 10.3 Å². The average Bonchev–Trinajstić information content (AvgIpc) is 3.11. The smallest absolute Gasteiger partial charge is 0.258 e. The van der Waals surface area contributed by atoms with Crippen molar-refractivity contribution in [3.8, 4) is 11.8 Å². The van der Waals surface area contributed by atoms with Gasteiger partial charge in [-0.1, -0.05) is 82.3 Å². The van der Waals surface area contributed by atoms with Crippen molar-refractivity contribution >= 4 is 87.3 Å². The molecule has 2 aliphatic heterocycles. The molecule has 6 heterocycles. The lowest BCUT2D eigenvalue weighted by atomic mass is 10.1. The Morgan fingerprint density at radius 1 is 0.704 bits per heavy atom. The first-order chi connectivity index (χ1) is 26.1. The van der Waals surface area contributed by atoms with Gasteiger partial charge in [-0.3, -0.25) is 14.5 Å². The van der Waals surface area contributed by atoms with Crippen molar-refractivity contribution in [2.75, 3.05) is 43.4 Å². The fraction of sp³-hybridized carbons (Fsp3) is 0.200. The van der Waals surface area contributed by atoms with E-state index in [2.05, 4.69) is 57.3 Å². The molecule has 19 heteroatoms. The number of carbonyl (C=O) groups is 2. The van der Waals surface area contributed by atoms with Crippen molar-refractivity contribution in [3.05, 3.63) is 121 Å². The van der Waals surface area contributed by atoms with E-state index < -0.39 is 0 Å². The van der Waals surface area contributed by atoms with Crippen LogP contribution in [-0.2, 0) is 0 Å². The summed E-state index contributed by atoms with van der Waals surface area (Å²) in [6.45, 7) is 3.68. The maximum absolute atomic E-state index is 12.5. The van der Waals surface area contributed by atoms with E-state index in [4.69, 9.17) is 67.5 Å². The maximum atomic E-state index is 12.5. The zero-order chi connectivity index (χ0) is 38.0. The van der Waals surface area contributed by atoms with Gasteiger partial charge in [-0.25, -0.2) is 9.97 Å². The summed E-state index contributed by atoms with van der Waals surface area (Å²) in [6.07, 6.45) is 6.98. The van der Waals surface area contributed by atoms with E-state index in [0.717, 1.165) is 43.3 Å². The first-order valence-corrected chi connectivity index (χ1v) is 18.1. The molecule has 2 aliphatic rings. The topological polar surface area (TPSA) is 169 Å². The number of anilines is 2. The number of nitrogens with one attached hydrogen (secondary N) is 3. The standard InChI is InChI=1S/C22H18Cl3N5O2.C13H11Cl2N5O2/c23-16-5-3-14(4-6-16)2-1-9-30-12-17(13-30)32-22-18(11-20(25)28-29-22)27-21(31)15-7-8-26-19(24)10-15;14-10-3-7(1-2-17-10)12(21)18-9-4-11(15)19-20-13(9)22-8-5-16-6-8/h1-8,10-11,17H,9,12-13H2,(H,27,28,31);1-4,8,16H,5-6H2,(H,18,19,21). The van der Waals surface area contributed by atoms with Crippen LogP contribution in [0.4, 0.5) is 11.4 Å². The molecule has 0 atom stereocenters. The van der Waals surface area contributed by atoms with E-state index in [0.29, 0.717) is 22.5 Å². The highest BCUT2D eigenvalue weighted by Gasteiger charge is 2.29. The van der Waals surface area contributed by atoms with E-state index in [9.17, 15) is 9.59 Å². The van der Waals surface area contributed by atoms with Crippen molar-refractivity contribution in [1.29, 1.82) is 0 Å². The number of likely N-dealkylation sites (tertiary alicyclic amines) is 1. The van der Waals surface area contributed by atoms with Crippen molar-refractivity contribution in [3.63, 3.8) is 0 Å². The minimum absolute atomic E-state index is 0.00139. The molecule has 0 aliphatic carbocycles. The van der Waals surface area contributed by atoms with Gasteiger partial charge in [0, 0.05) is 73.4 Å². The molecule has 1 aromatic carbocycles. The van der Waals surface area contributed by atoms with Gasteiger partial charge in [0.2, 0.25) is 0 Å². The minimum Gasteiger partial charge on any atom is -0.469 e. The number of benzene rings is 1. The van der Waals surface area contributed by atoms with Gasteiger partial charge in [-0.05, 0) is 42.0 Å². The van der Waals surface area contributed by atoms with Crippen LogP contribution in [0.15, 0.2) is 79.1 Å². The van der Waals surface area contributed by atoms with E-state index in [1.165, 1.54) is 36.7 Å². The Morgan fingerprint density at radius 3 is 1.70 bits per heavy atom. The van der Waals surface area contributed by atoms with Gasteiger partial charge in [0.05, 0.1) is 0 Å². The van der Waals surface area contributed by atoms with Crippen LogP contribution in [-0.4, -0.2) is 92.0 Å². The molecule has 3 N–H and O–H groups in total. The summed E-state index contributed by atoms with van der Waals surface area (Å²) in [5.41, 5.74) is 2.50. The Labute approximate surface area is 334 Å². The molecule has 14 nitrogen and oxygen atoms in total. The molecule has 54 heavy (non-hydrogen) atoms. The first kappa shape index (κ1) is 39.0. The monoisotopic (exact) mass is 828 g/mol. The number of hydrogen-bond acceptors (Lipinski definition) is 12. The molecule has 0 saturated carbocycles. The number of amides is 2. The summed E-state index contributed by atoms with van der Waals surface area (Å²) < 4.78 is 11.6. The molecule has 4 aromatic heterocycles. The zero-order valence-corrected chi connectivity index (χ0v) is 31.7. The highest BCUT2D eigenvalue weighted by molar-refractivity contribution is 6.31. The van der Waals surface area contributed by atoms with E-state index in [1.54, 1.807) is 12.1 Å². The highest BCUT2D eigenvalue weighted by atomic mass is 35.5. The van der Waals surface area contributed by atoms with Gasteiger partial charge in [-0.15, -0.1) is 20.4 Å². The molecular formula is C35H29Cl5N10O4. The summed E-state index contributed by atoms with van der Waals surface area (Å²) in [5.74, 6) is -0.315. The number of halogens is 5. The molecule has 0 radical (unpaired) electrons. The van der Waals surface area contributed by atoms with Gasteiger partial charge in [-0.2, -0.15) is 0 Å². The van der Waals surface area contributed by atoms with Crippen molar-refractivity contribution in [2.45, 2.75) is 12.2 Å². The largest absolute Gasteiger partial charge is 0.469 e. The molecule has 0 unspecified atom stereocenters. The molecular weight excluding hydrogens is 802 g/mol. The van der Waals surface area contributed by atoms with Crippen LogP contribution in [0.3, 0.4) is 0 Å². The van der Waals surface area contributed by atoms with Crippen LogP contribution >= 0.6 is 58.0 Å². The highest BCUT2D eigenvalue weighted by Crippen LogP contribution is 2.28. The average molecular weight is 831 g/mol. The number of pyridine rings is 2. The van der Waals surface area contributed by atoms with Gasteiger partial charge >= 0.3 is 0 Å². The second kappa shape index (κ2) is 18.6. The summed E-state index contributed by atoms with van der Waals surface area (Å²) in [5, 5.41) is 25.4. The van der Waals surface area contributed by atoms with Crippen LogP contribution in [0.5, 0.6) is 11.8 Å². The molecule has 278 valence electrons. The summed E-state index contributed by atoms with van der Waals surface area (Å²) in [7, 11) is 0. The van der Waals surface area contributed by atoms with Crippen molar-refractivity contribution in [2.24, 2.45) is 0 Å². The van der Waals surface area contributed by atoms with Crippen LogP contribution in [0.1, 0.15) is 26.3 Å². The zero-order valence-electron chi connectivity index (χ0n) is 27.9. The number of rotatable bonds is 11. The third kappa shape index (κ3) is 11.2. The number of nitrogens with zero attached hydrogens (tertiary/aromatic N) is 7. The van der Waals surface area contributed by atoms with Gasteiger partial charge < -0.3 is 25.4 Å². The minimum atomic E-state index is -0.384. The van der Waals surface area contributed by atoms with E-state index in [-0.39, 0.29) is 56.4 Å². The predicted octanol–water partition coefficient (Wildman–Crippen LogP) is 6.64. The second-order valence-electron chi connectivity index (χ2n) is 11.7. The third-order valence-electron chi connectivity index (χ3n) is 7.70. The summed E-state index contributed by atoms with van der Waals surface area (Å²) >= 11 is 29.3. The van der Waals surface area contributed by atoms with Crippen LogP contribution in [0, 0.1) is 0 Å². The molecule has 2 amide bonds. The first-order valence-electron chi connectivity index (χ1n) is 16.2. The Bertz CT molecular complexity index is 2140. The molecule has 5 aromatic rings. The lowest BCUT2D eigenvalue weighted by Crippen LogP contribution is -2.53. The normalized spacial score (nSPS) is 14.3. The van der Waals surface area contributed by atoms with Crippen LogP contribution in [0.25, 0.3) is 6.08 Å². The summed E-state index contributed by atoms with van der Waals surface area (Å²) in [4.78, 5) is 34.7. The Balaban J connectivity index is 0.000000197. The molecule has 2 saturated heterocycles. The Hall–Kier alpha value is -4.67. The number of aromatic nitrogens is 6. The van der Waals surface area contributed by atoms with E-state index >= 15 is 0 Å². The van der Waals surface area contributed by atoms with Crippen LogP contribution in [0.2, 0.25) is 25.6 Å². The molecule has 0 bridgehead atoms. The number of hydrogen-bond donors (Lipinski definition) is 3. The summed E-state index contributed by atoms with van der Waals surface area (Å²) in [6, 6.07) is 16.7. The number of ether oxygens (including phenoxy) is 2. The fourth-order valence-electron chi connectivity index (χ4n) is 4.86. The lowest BCUT2D eigenvalue weighted by molar-refractivity contribution is 0.0252. The predicted molar refractivity (Wildman–Crippen MR) is 207 cm³/mol. The molecule has 7 rings (SSSR count). The number of carbonyl (C=O) groups excluding carboxylic acids is 2. The molecule has 2 fully saturated rings. The van der Waals surface area contributed by atoms with Crippen molar-refractivity contribution in [1.82, 2.24) is 40.6 Å². The Morgan fingerprint density at radius 2 is 1.22 bits per heavy atom. The van der Waals surface area contributed by atoms with Crippen LogP contribution < -0.4 is 25.4 Å². The van der Waals surface area contributed by atoms with Crippen molar-refractivity contribution < 1.29 is 19.1 Å². The van der Waals surface area contributed by atoms with Gasteiger partial charge in [0.25, 0.3) is 23.6 Å².